The molecule has 1 aliphatic rings. The van der Waals surface area contributed by atoms with Gasteiger partial charge >= 0.3 is 6.18 Å². The zero-order chi connectivity index (χ0) is 18.6. The highest BCUT2D eigenvalue weighted by molar-refractivity contribution is 5.41. The average molecular weight is 362 g/mol. The molecule has 3 rings (SSSR count). The molecule has 8 heteroatoms. The molecule has 1 saturated heterocycles. The molecular weight excluding hydrogens is 345 g/mol. The molecule has 136 valence electrons. The van der Waals surface area contributed by atoms with E-state index in [1.54, 1.807) is 12.1 Å². The van der Waals surface area contributed by atoms with Crippen molar-refractivity contribution in [2.45, 2.75) is 19.0 Å². The van der Waals surface area contributed by atoms with E-state index in [2.05, 4.69) is 14.9 Å². The van der Waals surface area contributed by atoms with Crippen LogP contribution in [0, 0.1) is 17.2 Å². The fourth-order valence-corrected chi connectivity index (χ4v) is 2.86. The highest BCUT2D eigenvalue weighted by atomic mass is 19.4. The van der Waals surface area contributed by atoms with Gasteiger partial charge in [-0.1, -0.05) is 6.07 Å². The van der Waals surface area contributed by atoms with Crippen molar-refractivity contribution in [1.82, 2.24) is 9.97 Å². The minimum absolute atomic E-state index is 0.179. The van der Waals surface area contributed by atoms with Crippen LogP contribution < -0.4 is 9.64 Å². The first-order valence-electron chi connectivity index (χ1n) is 8.24. The summed E-state index contributed by atoms with van der Waals surface area (Å²) in [5.41, 5.74) is -0.570. The van der Waals surface area contributed by atoms with Gasteiger partial charge in [0.25, 0.3) is 0 Å². The Hall–Kier alpha value is -2.82. The van der Waals surface area contributed by atoms with E-state index in [1.165, 1.54) is 6.07 Å². The van der Waals surface area contributed by atoms with Crippen LogP contribution in [0.1, 0.15) is 24.2 Å². The van der Waals surface area contributed by atoms with Gasteiger partial charge in [-0.15, -0.1) is 0 Å². The lowest BCUT2D eigenvalue weighted by Crippen LogP contribution is -2.36. The van der Waals surface area contributed by atoms with Crippen molar-refractivity contribution in [1.29, 1.82) is 5.26 Å². The van der Waals surface area contributed by atoms with Gasteiger partial charge in [0.1, 0.15) is 29.0 Å². The van der Waals surface area contributed by atoms with Crippen molar-refractivity contribution in [3.05, 3.63) is 47.9 Å². The second-order valence-electron chi connectivity index (χ2n) is 6.11. The highest BCUT2D eigenvalue weighted by Gasteiger charge is 2.32. The number of ether oxygens (including phenoxy) is 1. The molecule has 5 nitrogen and oxygen atoms in total. The van der Waals surface area contributed by atoms with Gasteiger partial charge in [0, 0.05) is 25.4 Å². The molecule has 0 N–H and O–H groups in total. The van der Waals surface area contributed by atoms with E-state index in [4.69, 9.17) is 10.00 Å². The van der Waals surface area contributed by atoms with Crippen molar-refractivity contribution in [3.63, 3.8) is 0 Å². The molecule has 0 unspecified atom stereocenters. The van der Waals surface area contributed by atoms with Crippen molar-refractivity contribution in [3.8, 4) is 11.8 Å². The molecular formula is C18H17F3N4O. The standard InChI is InChI=1S/C18H17F3N4O/c19-18(20,21)16-10-15(4-7-23-16)26-12-13-5-8-25(9-6-13)17-3-1-2-14(11-22)24-17/h1-4,7,10,13H,5-6,8-9,12H2. The number of anilines is 1. The molecule has 0 radical (unpaired) electrons. The molecule has 0 aliphatic carbocycles. The third-order valence-corrected chi connectivity index (χ3v) is 4.30. The molecule has 1 fully saturated rings. The summed E-state index contributed by atoms with van der Waals surface area (Å²) in [5, 5.41) is 8.93. The number of rotatable bonds is 4. The third-order valence-electron chi connectivity index (χ3n) is 4.30. The Balaban J connectivity index is 1.52. The number of pyridine rings is 2. The maximum Gasteiger partial charge on any atom is 0.433 e. The Kier molecular flexibility index (Phi) is 5.26. The number of hydrogen-bond acceptors (Lipinski definition) is 5. The van der Waals surface area contributed by atoms with Crippen LogP contribution in [-0.2, 0) is 6.18 Å². The van der Waals surface area contributed by atoms with Crippen LogP contribution in [0.3, 0.4) is 0 Å². The van der Waals surface area contributed by atoms with E-state index in [-0.39, 0.29) is 11.7 Å². The van der Waals surface area contributed by atoms with Crippen LogP contribution in [0.25, 0.3) is 0 Å². The highest BCUT2D eigenvalue weighted by Crippen LogP contribution is 2.30. The monoisotopic (exact) mass is 362 g/mol. The van der Waals surface area contributed by atoms with Gasteiger partial charge in [0.15, 0.2) is 0 Å². The fourth-order valence-electron chi connectivity index (χ4n) is 2.86. The van der Waals surface area contributed by atoms with Gasteiger partial charge in [0.2, 0.25) is 0 Å². The van der Waals surface area contributed by atoms with E-state index >= 15 is 0 Å². The van der Waals surface area contributed by atoms with Crippen molar-refractivity contribution < 1.29 is 17.9 Å². The van der Waals surface area contributed by atoms with Crippen LogP contribution in [0.5, 0.6) is 5.75 Å². The summed E-state index contributed by atoms with van der Waals surface area (Å²) >= 11 is 0. The first-order chi connectivity index (χ1) is 12.5. The summed E-state index contributed by atoms with van der Waals surface area (Å²) in [4.78, 5) is 9.71. The summed E-state index contributed by atoms with van der Waals surface area (Å²) in [6.45, 7) is 1.89. The van der Waals surface area contributed by atoms with E-state index in [0.717, 1.165) is 44.0 Å². The molecule has 3 heterocycles. The Morgan fingerprint density at radius 3 is 2.69 bits per heavy atom. The molecule has 0 aromatic carbocycles. The first-order valence-corrected chi connectivity index (χ1v) is 8.24. The largest absolute Gasteiger partial charge is 0.493 e. The number of nitriles is 1. The van der Waals surface area contributed by atoms with Crippen molar-refractivity contribution in [2.75, 3.05) is 24.6 Å². The quantitative estimate of drug-likeness (QED) is 0.831. The lowest BCUT2D eigenvalue weighted by molar-refractivity contribution is -0.141. The lowest BCUT2D eigenvalue weighted by atomic mass is 9.98. The predicted molar refractivity (Wildman–Crippen MR) is 88.6 cm³/mol. The van der Waals surface area contributed by atoms with E-state index < -0.39 is 11.9 Å². The molecule has 26 heavy (non-hydrogen) atoms. The van der Waals surface area contributed by atoms with Crippen LogP contribution in [0.2, 0.25) is 0 Å². The van der Waals surface area contributed by atoms with E-state index in [0.29, 0.717) is 12.3 Å². The number of piperidine rings is 1. The van der Waals surface area contributed by atoms with Crippen LogP contribution >= 0.6 is 0 Å². The SMILES string of the molecule is N#Cc1cccc(N2CCC(COc3ccnc(C(F)(F)F)c3)CC2)n1. The lowest BCUT2D eigenvalue weighted by Gasteiger charge is -2.32. The van der Waals surface area contributed by atoms with Gasteiger partial charge in [-0.25, -0.2) is 4.98 Å². The Labute approximate surface area is 149 Å². The van der Waals surface area contributed by atoms with Crippen LogP contribution in [-0.4, -0.2) is 29.7 Å². The molecule has 0 saturated carbocycles. The smallest absolute Gasteiger partial charge is 0.433 e. The maximum absolute atomic E-state index is 12.7. The summed E-state index contributed by atoms with van der Waals surface area (Å²) in [6, 6.07) is 9.71. The maximum atomic E-state index is 12.7. The average Bonchev–Trinajstić information content (AvgIpc) is 2.66. The molecule has 0 amide bonds. The van der Waals surface area contributed by atoms with Crippen molar-refractivity contribution >= 4 is 5.82 Å². The zero-order valence-electron chi connectivity index (χ0n) is 13.9. The zero-order valence-corrected chi connectivity index (χ0v) is 13.9. The molecule has 2 aromatic rings. The minimum Gasteiger partial charge on any atom is -0.493 e. The molecule has 0 spiro atoms. The van der Waals surface area contributed by atoms with Crippen molar-refractivity contribution in [2.24, 2.45) is 5.92 Å². The van der Waals surface area contributed by atoms with Crippen LogP contribution in [0.4, 0.5) is 19.0 Å². The summed E-state index contributed by atoms with van der Waals surface area (Å²) < 4.78 is 43.6. The van der Waals surface area contributed by atoms with Gasteiger partial charge < -0.3 is 9.64 Å². The first kappa shape index (κ1) is 18.0. The Morgan fingerprint density at radius 2 is 2.00 bits per heavy atom. The van der Waals surface area contributed by atoms with Gasteiger partial charge in [-0.05, 0) is 37.0 Å². The summed E-state index contributed by atoms with van der Waals surface area (Å²) in [5.74, 6) is 1.21. The Bertz CT molecular complexity index is 796. The number of aromatic nitrogens is 2. The second kappa shape index (κ2) is 7.60. The topological polar surface area (TPSA) is 62.0 Å². The number of hydrogen-bond donors (Lipinski definition) is 0. The second-order valence-corrected chi connectivity index (χ2v) is 6.11. The Morgan fingerprint density at radius 1 is 1.23 bits per heavy atom. The van der Waals surface area contributed by atoms with Gasteiger partial charge in [-0.2, -0.15) is 18.4 Å². The van der Waals surface area contributed by atoms with Gasteiger partial charge in [-0.3, -0.25) is 4.98 Å². The van der Waals surface area contributed by atoms with Gasteiger partial charge in [0.05, 0.1) is 6.61 Å². The normalized spacial score (nSPS) is 15.5. The number of halogens is 3. The molecule has 1 aliphatic heterocycles. The predicted octanol–water partition coefficient (Wildman–Crippen LogP) is 3.66. The third kappa shape index (κ3) is 4.42. The summed E-state index contributed by atoms with van der Waals surface area (Å²) in [6.07, 6.45) is -1.68. The fraction of sp³-hybridized carbons (Fsp3) is 0.389. The van der Waals surface area contributed by atoms with Crippen LogP contribution in [0.15, 0.2) is 36.5 Å². The van der Waals surface area contributed by atoms with E-state index in [9.17, 15) is 13.2 Å². The molecule has 2 aromatic heterocycles. The molecule has 0 atom stereocenters. The van der Waals surface area contributed by atoms with E-state index in [1.807, 2.05) is 12.1 Å². The summed E-state index contributed by atoms with van der Waals surface area (Å²) in [7, 11) is 0. The number of nitrogens with zero attached hydrogens (tertiary/aromatic N) is 4. The minimum atomic E-state index is -4.48. The number of alkyl halides is 3. The molecule has 0 bridgehead atoms.